The molecule has 4 nitrogen and oxygen atoms in total. The van der Waals surface area contributed by atoms with Crippen LogP contribution in [0.25, 0.3) is 0 Å². The van der Waals surface area contributed by atoms with Crippen molar-refractivity contribution in [2.45, 2.75) is 5.41 Å². The molecule has 1 aliphatic rings. The molecule has 1 aromatic rings. The molecule has 0 radical (unpaired) electrons. The predicted molar refractivity (Wildman–Crippen MR) is 58.6 cm³/mol. The molecule has 3 N–H and O–H groups in total. The highest BCUT2D eigenvalue weighted by Crippen LogP contribution is 2.38. The lowest BCUT2D eigenvalue weighted by atomic mass is 9.83. The van der Waals surface area contributed by atoms with Crippen LogP contribution >= 0.6 is 15.9 Å². The van der Waals surface area contributed by atoms with Crippen LogP contribution in [0.2, 0.25) is 0 Å². The fourth-order valence-electron chi connectivity index (χ4n) is 1.77. The third-order valence-corrected chi connectivity index (χ3v) is 3.21. The first-order chi connectivity index (χ1) is 7.14. The second-order valence-electron chi connectivity index (χ2n) is 3.54. The highest BCUT2D eigenvalue weighted by molar-refractivity contribution is 9.10. The van der Waals surface area contributed by atoms with Crippen molar-refractivity contribution >= 4 is 27.5 Å². The van der Waals surface area contributed by atoms with Crippen LogP contribution in [0.5, 0.6) is 0 Å². The summed E-state index contributed by atoms with van der Waals surface area (Å²) in [5.74, 6) is -0.361. The molecule has 1 aromatic carbocycles. The Labute approximate surface area is 95.1 Å². The largest absolute Gasteiger partial charge is 0.395 e. The number of carbonyl (C=O) groups excluding carboxylic acids is 1. The summed E-state index contributed by atoms with van der Waals surface area (Å²) in [5, 5.41) is 21.2. The summed E-state index contributed by atoms with van der Waals surface area (Å²) in [5.41, 5.74) is 0.0777. The van der Waals surface area contributed by atoms with E-state index >= 15 is 0 Å². The molecule has 0 atom stereocenters. The van der Waals surface area contributed by atoms with Crippen LogP contribution in [0, 0.1) is 0 Å². The van der Waals surface area contributed by atoms with Gasteiger partial charge in [0.2, 0.25) is 5.91 Å². The van der Waals surface area contributed by atoms with E-state index in [4.69, 9.17) is 0 Å². The summed E-state index contributed by atoms with van der Waals surface area (Å²) >= 11 is 3.29. The van der Waals surface area contributed by atoms with Crippen molar-refractivity contribution in [1.29, 1.82) is 0 Å². The van der Waals surface area contributed by atoms with Gasteiger partial charge in [0, 0.05) is 10.2 Å². The van der Waals surface area contributed by atoms with Gasteiger partial charge in [-0.2, -0.15) is 0 Å². The zero-order valence-electron chi connectivity index (χ0n) is 7.83. The molecular weight excluding hydrogens is 262 g/mol. The third kappa shape index (κ3) is 1.39. The lowest BCUT2D eigenvalue weighted by Gasteiger charge is -2.21. The minimum atomic E-state index is -1.20. The van der Waals surface area contributed by atoms with Crippen LogP contribution in [-0.2, 0) is 10.2 Å². The molecule has 1 aliphatic heterocycles. The monoisotopic (exact) mass is 271 g/mol. The quantitative estimate of drug-likeness (QED) is 0.739. The number of benzene rings is 1. The Bertz CT molecular complexity index is 415. The van der Waals surface area contributed by atoms with Crippen LogP contribution in [0.1, 0.15) is 5.56 Å². The molecule has 0 unspecified atom stereocenters. The van der Waals surface area contributed by atoms with E-state index in [0.29, 0.717) is 11.3 Å². The van der Waals surface area contributed by atoms with E-state index in [-0.39, 0.29) is 5.91 Å². The number of aliphatic hydroxyl groups is 2. The highest BCUT2D eigenvalue weighted by atomic mass is 79.9. The van der Waals surface area contributed by atoms with E-state index in [2.05, 4.69) is 21.2 Å². The number of halogens is 1. The van der Waals surface area contributed by atoms with Crippen LogP contribution in [0.15, 0.2) is 22.7 Å². The van der Waals surface area contributed by atoms with Crippen molar-refractivity contribution in [3.63, 3.8) is 0 Å². The van der Waals surface area contributed by atoms with Gasteiger partial charge in [-0.25, -0.2) is 0 Å². The molecule has 0 bridgehead atoms. The molecule has 2 rings (SSSR count). The number of anilines is 1. The molecule has 0 saturated heterocycles. The first-order valence-corrected chi connectivity index (χ1v) is 5.26. The lowest BCUT2D eigenvalue weighted by molar-refractivity contribution is -0.123. The molecule has 0 saturated carbocycles. The molecule has 1 amide bonds. The third-order valence-electron chi connectivity index (χ3n) is 2.72. The van der Waals surface area contributed by atoms with Crippen LogP contribution in [-0.4, -0.2) is 29.3 Å². The van der Waals surface area contributed by atoms with Gasteiger partial charge in [-0.3, -0.25) is 4.79 Å². The standard InChI is InChI=1S/C10H10BrNO3/c11-6-1-2-7-8(3-6)12-9(15)10(7,4-13)5-14/h1-3,13-14H,4-5H2,(H,12,15). The fourth-order valence-corrected chi connectivity index (χ4v) is 2.13. The van der Waals surface area contributed by atoms with Gasteiger partial charge in [-0.15, -0.1) is 0 Å². The Balaban J connectivity index is 2.59. The fraction of sp³-hybridized carbons (Fsp3) is 0.300. The second kappa shape index (κ2) is 3.59. The van der Waals surface area contributed by atoms with Crippen molar-refractivity contribution in [2.24, 2.45) is 0 Å². The van der Waals surface area contributed by atoms with Gasteiger partial charge in [0.25, 0.3) is 0 Å². The lowest BCUT2D eigenvalue weighted by Crippen LogP contribution is -2.41. The number of amides is 1. The average Bonchev–Trinajstić information content (AvgIpc) is 2.49. The highest BCUT2D eigenvalue weighted by Gasteiger charge is 2.46. The Kier molecular flexibility index (Phi) is 2.54. The van der Waals surface area contributed by atoms with E-state index in [1.165, 1.54) is 0 Å². The summed E-state index contributed by atoms with van der Waals surface area (Å²) in [6, 6.07) is 5.25. The van der Waals surface area contributed by atoms with Crippen LogP contribution in [0.3, 0.4) is 0 Å². The maximum atomic E-state index is 11.7. The Morgan fingerprint density at radius 3 is 2.60 bits per heavy atom. The summed E-state index contributed by atoms with van der Waals surface area (Å²) < 4.78 is 0.841. The number of carbonyl (C=O) groups is 1. The van der Waals surface area contributed by atoms with Crippen molar-refractivity contribution in [1.82, 2.24) is 0 Å². The molecule has 0 aliphatic carbocycles. The van der Waals surface area contributed by atoms with Gasteiger partial charge < -0.3 is 15.5 Å². The van der Waals surface area contributed by atoms with E-state index in [1.54, 1.807) is 18.2 Å². The Morgan fingerprint density at radius 2 is 2.00 bits per heavy atom. The molecule has 0 aromatic heterocycles. The van der Waals surface area contributed by atoms with Crippen molar-refractivity contribution in [3.8, 4) is 0 Å². The molecule has 80 valence electrons. The number of nitrogens with one attached hydrogen (secondary N) is 1. The average molecular weight is 272 g/mol. The van der Waals surface area contributed by atoms with Crippen LogP contribution in [0.4, 0.5) is 5.69 Å². The summed E-state index contributed by atoms with van der Waals surface area (Å²) in [6.07, 6.45) is 0. The zero-order chi connectivity index (χ0) is 11.1. The number of aliphatic hydroxyl groups excluding tert-OH is 2. The first kappa shape index (κ1) is 10.6. The summed E-state index contributed by atoms with van der Waals surface area (Å²) in [6.45, 7) is -0.798. The minimum Gasteiger partial charge on any atom is -0.395 e. The minimum absolute atomic E-state index is 0.361. The maximum Gasteiger partial charge on any atom is 0.239 e. The molecule has 1 heterocycles. The first-order valence-electron chi connectivity index (χ1n) is 4.47. The smallest absolute Gasteiger partial charge is 0.239 e. The number of hydrogen-bond donors (Lipinski definition) is 3. The van der Waals surface area contributed by atoms with Crippen molar-refractivity contribution in [3.05, 3.63) is 28.2 Å². The van der Waals surface area contributed by atoms with E-state index in [9.17, 15) is 15.0 Å². The number of rotatable bonds is 2. The predicted octanol–water partition coefficient (Wildman–Crippen LogP) is 0.624. The molecular formula is C10H10BrNO3. The van der Waals surface area contributed by atoms with Gasteiger partial charge in [-0.1, -0.05) is 22.0 Å². The topological polar surface area (TPSA) is 69.6 Å². The van der Waals surface area contributed by atoms with Gasteiger partial charge in [0.15, 0.2) is 0 Å². The maximum absolute atomic E-state index is 11.7. The Hall–Kier alpha value is -0.910. The summed E-state index contributed by atoms with van der Waals surface area (Å²) in [4.78, 5) is 11.7. The van der Waals surface area contributed by atoms with Gasteiger partial charge >= 0.3 is 0 Å². The molecule has 0 fully saturated rings. The SMILES string of the molecule is O=C1Nc2cc(Br)ccc2C1(CO)CO. The van der Waals surface area contributed by atoms with Gasteiger partial charge in [0.05, 0.1) is 13.2 Å². The van der Waals surface area contributed by atoms with E-state index < -0.39 is 18.6 Å². The van der Waals surface area contributed by atoms with Gasteiger partial charge in [0.1, 0.15) is 5.41 Å². The number of hydrogen-bond acceptors (Lipinski definition) is 3. The van der Waals surface area contributed by atoms with Crippen LogP contribution < -0.4 is 5.32 Å². The normalized spacial score (nSPS) is 17.4. The zero-order valence-corrected chi connectivity index (χ0v) is 9.41. The van der Waals surface area contributed by atoms with Crippen molar-refractivity contribution < 1.29 is 15.0 Å². The van der Waals surface area contributed by atoms with Crippen molar-refractivity contribution in [2.75, 3.05) is 18.5 Å². The van der Waals surface area contributed by atoms with Gasteiger partial charge in [-0.05, 0) is 17.7 Å². The molecule has 5 heteroatoms. The number of fused-ring (bicyclic) bond motifs is 1. The Morgan fingerprint density at radius 1 is 1.33 bits per heavy atom. The van der Waals surface area contributed by atoms with E-state index in [0.717, 1.165) is 4.47 Å². The van der Waals surface area contributed by atoms with E-state index in [1.807, 2.05) is 0 Å². The summed E-state index contributed by atoms with van der Waals surface area (Å²) in [7, 11) is 0. The molecule has 0 spiro atoms. The second-order valence-corrected chi connectivity index (χ2v) is 4.46. The molecule has 15 heavy (non-hydrogen) atoms.